The molecule has 0 aliphatic rings. The van der Waals surface area contributed by atoms with E-state index in [1.54, 1.807) is 27.6 Å². The average molecular weight is 469 g/mol. The molecule has 31 heavy (non-hydrogen) atoms. The normalized spacial score (nSPS) is 11.0. The van der Waals surface area contributed by atoms with Crippen LogP contribution in [0.3, 0.4) is 0 Å². The topological polar surface area (TPSA) is 51.0 Å². The summed E-state index contributed by atoms with van der Waals surface area (Å²) in [6.45, 7) is 1.43. The minimum atomic E-state index is 0.0933. The van der Waals surface area contributed by atoms with Gasteiger partial charge in [-0.2, -0.15) is 0 Å². The van der Waals surface area contributed by atoms with Gasteiger partial charge < -0.3 is 9.47 Å². The molecule has 0 aliphatic carbocycles. The standard InChI is InChI=1S/C23H24N4OS3/c1-26(16-20-10-6-14-30-20)22(28)17-31-23-25-24-21(15-19-9-5-13-29-19)27(23)12-11-18-7-3-2-4-8-18/h2-10,13-14H,11-12,15-17H2,1H3. The van der Waals surface area contributed by atoms with Crippen molar-refractivity contribution >= 4 is 40.3 Å². The molecule has 0 spiro atoms. The van der Waals surface area contributed by atoms with Crippen LogP contribution in [-0.2, 0) is 30.7 Å². The molecular weight excluding hydrogens is 444 g/mol. The molecule has 0 atom stereocenters. The summed E-state index contributed by atoms with van der Waals surface area (Å²) >= 11 is 4.86. The molecule has 0 fully saturated rings. The summed E-state index contributed by atoms with van der Waals surface area (Å²) in [6.07, 6.45) is 1.66. The SMILES string of the molecule is CN(Cc1cccs1)C(=O)CSc1nnc(Cc2cccs2)n1CCc1ccccc1. The molecule has 1 amide bonds. The van der Waals surface area contributed by atoms with E-state index in [-0.39, 0.29) is 5.91 Å². The second-order valence-electron chi connectivity index (χ2n) is 7.16. The number of hydrogen-bond acceptors (Lipinski definition) is 6. The van der Waals surface area contributed by atoms with Crippen molar-refractivity contribution in [1.82, 2.24) is 19.7 Å². The largest absolute Gasteiger partial charge is 0.340 e. The Morgan fingerprint density at radius 2 is 1.74 bits per heavy atom. The number of rotatable bonds is 10. The first kappa shape index (κ1) is 21.8. The van der Waals surface area contributed by atoms with E-state index in [2.05, 4.69) is 62.6 Å². The molecule has 5 nitrogen and oxygen atoms in total. The molecule has 3 heterocycles. The number of aryl methyl sites for hydroxylation is 1. The van der Waals surface area contributed by atoms with Crippen LogP contribution in [0.25, 0.3) is 0 Å². The minimum absolute atomic E-state index is 0.0933. The van der Waals surface area contributed by atoms with Crippen LogP contribution in [0.4, 0.5) is 0 Å². The van der Waals surface area contributed by atoms with Gasteiger partial charge in [-0.15, -0.1) is 32.9 Å². The van der Waals surface area contributed by atoms with Crippen LogP contribution >= 0.6 is 34.4 Å². The van der Waals surface area contributed by atoms with E-state index in [1.165, 1.54) is 27.1 Å². The van der Waals surface area contributed by atoms with Crippen LogP contribution < -0.4 is 0 Å². The predicted octanol–water partition coefficient (Wildman–Crippen LogP) is 4.99. The van der Waals surface area contributed by atoms with Gasteiger partial charge in [-0.1, -0.05) is 54.2 Å². The third-order valence-electron chi connectivity index (χ3n) is 4.90. The van der Waals surface area contributed by atoms with Crippen molar-refractivity contribution < 1.29 is 4.79 Å². The smallest absolute Gasteiger partial charge is 0.233 e. The highest BCUT2D eigenvalue weighted by molar-refractivity contribution is 7.99. The first-order valence-electron chi connectivity index (χ1n) is 10.1. The van der Waals surface area contributed by atoms with Crippen molar-refractivity contribution in [2.75, 3.05) is 12.8 Å². The molecule has 1 aromatic carbocycles. The van der Waals surface area contributed by atoms with Crippen LogP contribution in [0.1, 0.15) is 21.1 Å². The maximum Gasteiger partial charge on any atom is 0.233 e. The van der Waals surface area contributed by atoms with E-state index >= 15 is 0 Å². The molecule has 0 radical (unpaired) electrons. The Bertz CT molecular complexity index is 1080. The van der Waals surface area contributed by atoms with Gasteiger partial charge >= 0.3 is 0 Å². The van der Waals surface area contributed by atoms with Crippen LogP contribution in [0.5, 0.6) is 0 Å². The van der Waals surface area contributed by atoms with Gasteiger partial charge in [0, 0.05) is 29.8 Å². The quantitative estimate of drug-likeness (QED) is 0.308. The summed E-state index contributed by atoms with van der Waals surface area (Å²) in [5, 5.41) is 13.8. The lowest BCUT2D eigenvalue weighted by Gasteiger charge is -2.16. The Labute approximate surface area is 194 Å². The molecule has 8 heteroatoms. The first-order valence-corrected chi connectivity index (χ1v) is 12.8. The van der Waals surface area contributed by atoms with Crippen molar-refractivity contribution in [3.8, 4) is 0 Å². The van der Waals surface area contributed by atoms with E-state index in [0.29, 0.717) is 12.3 Å². The van der Waals surface area contributed by atoms with Gasteiger partial charge in [0.2, 0.25) is 5.91 Å². The monoisotopic (exact) mass is 468 g/mol. The highest BCUT2D eigenvalue weighted by Gasteiger charge is 2.17. The minimum Gasteiger partial charge on any atom is -0.340 e. The fourth-order valence-electron chi connectivity index (χ4n) is 3.20. The highest BCUT2D eigenvalue weighted by Crippen LogP contribution is 2.22. The van der Waals surface area contributed by atoms with Gasteiger partial charge in [-0.05, 0) is 34.9 Å². The third kappa shape index (κ3) is 6.06. The van der Waals surface area contributed by atoms with Crippen LogP contribution in [0.2, 0.25) is 0 Å². The van der Waals surface area contributed by atoms with E-state index < -0.39 is 0 Å². The zero-order valence-electron chi connectivity index (χ0n) is 17.3. The Kier molecular flexibility index (Phi) is 7.56. The lowest BCUT2D eigenvalue weighted by atomic mass is 10.1. The zero-order valence-corrected chi connectivity index (χ0v) is 19.8. The maximum atomic E-state index is 12.7. The van der Waals surface area contributed by atoms with E-state index in [9.17, 15) is 4.79 Å². The number of carbonyl (C=O) groups is 1. The number of hydrogen-bond donors (Lipinski definition) is 0. The number of thioether (sulfide) groups is 1. The second-order valence-corrected chi connectivity index (χ2v) is 10.2. The van der Waals surface area contributed by atoms with Crippen LogP contribution in [0.15, 0.2) is 70.5 Å². The molecule has 3 aromatic heterocycles. The third-order valence-corrected chi connectivity index (χ3v) is 7.59. The molecule has 0 aliphatic heterocycles. The second kappa shape index (κ2) is 10.7. The van der Waals surface area contributed by atoms with Gasteiger partial charge in [0.1, 0.15) is 5.82 Å². The van der Waals surface area contributed by atoms with Gasteiger partial charge in [-0.3, -0.25) is 4.79 Å². The van der Waals surface area contributed by atoms with Gasteiger partial charge in [0.05, 0.1) is 12.3 Å². The highest BCUT2D eigenvalue weighted by atomic mass is 32.2. The van der Waals surface area contributed by atoms with Crippen molar-refractivity contribution in [2.45, 2.75) is 31.1 Å². The Morgan fingerprint density at radius 3 is 2.45 bits per heavy atom. The van der Waals surface area contributed by atoms with Gasteiger partial charge in [-0.25, -0.2) is 0 Å². The predicted molar refractivity (Wildman–Crippen MR) is 129 cm³/mol. The molecule has 0 N–H and O–H groups in total. The molecule has 0 saturated carbocycles. The Hall–Kier alpha value is -2.42. The molecule has 0 saturated heterocycles. The molecule has 4 rings (SSSR count). The zero-order chi connectivity index (χ0) is 21.5. The van der Waals surface area contributed by atoms with Crippen LogP contribution in [-0.4, -0.2) is 38.4 Å². The lowest BCUT2D eigenvalue weighted by molar-refractivity contribution is -0.127. The van der Waals surface area contributed by atoms with E-state index in [1.807, 2.05) is 24.6 Å². The Balaban J connectivity index is 1.44. The van der Waals surface area contributed by atoms with Crippen molar-refractivity contribution in [2.24, 2.45) is 0 Å². The molecule has 4 aromatic rings. The summed E-state index contributed by atoms with van der Waals surface area (Å²) in [7, 11) is 1.85. The first-order chi connectivity index (χ1) is 15.2. The number of thiophene rings is 2. The summed E-state index contributed by atoms with van der Waals surface area (Å²) in [6, 6.07) is 18.7. The van der Waals surface area contributed by atoms with Crippen molar-refractivity contribution in [3.05, 3.63) is 86.5 Å². The molecule has 0 bridgehead atoms. The lowest BCUT2D eigenvalue weighted by Crippen LogP contribution is -2.27. The van der Waals surface area contributed by atoms with E-state index in [0.717, 1.165) is 30.4 Å². The fraction of sp³-hybridized carbons (Fsp3) is 0.261. The maximum absolute atomic E-state index is 12.7. The summed E-state index contributed by atoms with van der Waals surface area (Å²) in [5.74, 6) is 1.39. The molecule has 0 unspecified atom stereocenters. The van der Waals surface area contributed by atoms with Gasteiger partial charge in [0.15, 0.2) is 5.16 Å². The van der Waals surface area contributed by atoms with Crippen LogP contribution in [0, 0.1) is 0 Å². The van der Waals surface area contributed by atoms with E-state index in [4.69, 9.17) is 0 Å². The van der Waals surface area contributed by atoms with Crippen molar-refractivity contribution in [3.63, 3.8) is 0 Å². The van der Waals surface area contributed by atoms with Crippen molar-refractivity contribution in [1.29, 1.82) is 0 Å². The number of benzene rings is 1. The van der Waals surface area contributed by atoms with Gasteiger partial charge in [0.25, 0.3) is 0 Å². The average Bonchev–Trinajstić information content (AvgIpc) is 3.55. The number of aromatic nitrogens is 3. The number of amides is 1. The summed E-state index contributed by atoms with van der Waals surface area (Å²) in [5.41, 5.74) is 1.28. The summed E-state index contributed by atoms with van der Waals surface area (Å²) in [4.78, 5) is 16.9. The number of nitrogens with zero attached hydrogens (tertiary/aromatic N) is 4. The molecule has 160 valence electrons. The fourth-order valence-corrected chi connectivity index (χ4v) is 5.58. The molecular formula is C23H24N4OS3. The summed E-state index contributed by atoms with van der Waals surface area (Å²) < 4.78 is 2.17. The number of carbonyl (C=O) groups excluding carboxylic acids is 1. The Morgan fingerprint density at radius 1 is 1.00 bits per heavy atom.